The van der Waals surface area contributed by atoms with Crippen molar-refractivity contribution in [1.29, 1.82) is 0 Å². The lowest BCUT2D eigenvalue weighted by molar-refractivity contribution is 0.254. The van der Waals surface area contributed by atoms with Gasteiger partial charge in [-0.05, 0) is 12.1 Å². The summed E-state index contributed by atoms with van der Waals surface area (Å²) in [4.78, 5) is 12.4. The molecule has 0 bridgehead atoms. The number of carbonyl (C=O) groups excluding carboxylic acids is 1. The van der Waals surface area contributed by atoms with Crippen LogP contribution in [0, 0.1) is 0 Å². The molecule has 0 saturated heterocycles. The third-order valence-corrected chi connectivity index (χ3v) is 1.89. The van der Waals surface area contributed by atoms with E-state index in [0.717, 1.165) is 11.4 Å². The third-order valence-electron chi connectivity index (χ3n) is 1.89. The molecule has 4 heteroatoms. The Morgan fingerprint density at radius 2 is 2.25 bits per heavy atom. The highest BCUT2D eigenvalue weighted by Crippen LogP contribution is 2.29. The lowest BCUT2D eigenvalue weighted by Gasteiger charge is -2.11. The fraction of sp³-hybridized carbons (Fsp3) is 0.125. The number of fused-ring (bicyclic) bond motifs is 1. The largest absolute Gasteiger partial charge is 0.366 e. The molecule has 62 valence electrons. The molecule has 1 aromatic rings. The number of carbonyl (C=O) groups is 1. The summed E-state index contributed by atoms with van der Waals surface area (Å²) in [6.45, 7) is 0.467. The van der Waals surface area contributed by atoms with Crippen LogP contribution in [0.5, 0.6) is 0 Å². The van der Waals surface area contributed by atoms with Crippen LogP contribution in [0.15, 0.2) is 24.3 Å². The number of primary amides is 1. The SMILES string of the molecule is NC(=O)N1CNc2ccccc21. The first-order valence-corrected chi connectivity index (χ1v) is 3.69. The number of benzene rings is 1. The van der Waals surface area contributed by atoms with Crippen LogP contribution in [0.25, 0.3) is 0 Å². The van der Waals surface area contributed by atoms with Crippen molar-refractivity contribution in [2.24, 2.45) is 5.73 Å². The van der Waals surface area contributed by atoms with Crippen LogP contribution >= 0.6 is 0 Å². The Bertz CT molecular complexity index is 324. The van der Waals surface area contributed by atoms with E-state index in [1.165, 1.54) is 4.90 Å². The van der Waals surface area contributed by atoms with Gasteiger partial charge in [-0.1, -0.05) is 12.1 Å². The zero-order valence-corrected chi connectivity index (χ0v) is 6.45. The molecule has 1 aromatic carbocycles. The molecule has 0 spiro atoms. The molecular weight excluding hydrogens is 154 g/mol. The van der Waals surface area contributed by atoms with Gasteiger partial charge in [0, 0.05) is 0 Å². The van der Waals surface area contributed by atoms with Crippen molar-refractivity contribution in [1.82, 2.24) is 0 Å². The van der Waals surface area contributed by atoms with E-state index in [-0.39, 0.29) is 0 Å². The number of nitrogens with zero attached hydrogens (tertiary/aromatic N) is 1. The lowest BCUT2D eigenvalue weighted by atomic mass is 10.3. The lowest BCUT2D eigenvalue weighted by Crippen LogP contribution is -2.35. The zero-order chi connectivity index (χ0) is 8.55. The Kier molecular flexibility index (Phi) is 1.40. The van der Waals surface area contributed by atoms with Gasteiger partial charge < -0.3 is 11.1 Å². The van der Waals surface area contributed by atoms with Gasteiger partial charge in [0.25, 0.3) is 0 Å². The molecule has 1 heterocycles. The summed E-state index contributed by atoms with van der Waals surface area (Å²) < 4.78 is 0. The highest BCUT2D eigenvalue weighted by atomic mass is 16.2. The molecule has 2 rings (SSSR count). The summed E-state index contributed by atoms with van der Waals surface area (Å²) in [6, 6.07) is 7.14. The number of nitrogens with one attached hydrogen (secondary N) is 1. The molecule has 1 aliphatic rings. The topological polar surface area (TPSA) is 58.4 Å². The summed E-state index contributed by atoms with van der Waals surface area (Å²) in [7, 11) is 0. The van der Waals surface area contributed by atoms with Crippen LogP contribution in [-0.2, 0) is 0 Å². The highest BCUT2D eigenvalue weighted by Gasteiger charge is 2.20. The Hall–Kier alpha value is -1.71. The van der Waals surface area contributed by atoms with Gasteiger partial charge in [-0.3, -0.25) is 4.90 Å². The van der Waals surface area contributed by atoms with Crippen LogP contribution < -0.4 is 16.0 Å². The van der Waals surface area contributed by atoms with Gasteiger partial charge in [0.2, 0.25) is 0 Å². The van der Waals surface area contributed by atoms with Crippen LogP contribution in [-0.4, -0.2) is 12.7 Å². The van der Waals surface area contributed by atoms with E-state index in [1.54, 1.807) is 0 Å². The minimum absolute atomic E-state index is 0.424. The maximum atomic E-state index is 10.9. The van der Waals surface area contributed by atoms with Crippen molar-refractivity contribution in [2.75, 3.05) is 16.9 Å². The summed E-state index contributed by atoms with van der Waals surface area (Å²) in [5.41, 5.74) is 6.97. The van der Waals surface area contributed by atoms with Gasteiger partial charge in [-0.2, -0.15) is 0 Å². The first-order chi connectivity index (χ1) is 5.79. The number of amides is 2. The minimum atomic E-state index is -0.424. The molecule has 0 aromatic heterocycles. The number of hydrogen-bond acceptors (Lipinski definition) is 2. The number of urea groups is 1. The molecule has 1 aliphatic heterocycles. The molecule has 3 N–H and O–H groups in total. The number of anilines is 2. The van der Waals surface area contributed by atoms with Crippen LogP contribution in [0.1, 0.15) is 0 Å². The molecule has 0 aliphatic carbocycles. The highest BCUT2D eigenvalue weighted by molar-refractivity contribution is 5.97. The van der Waals surface area contributed by atoms with Gasteiger partial charge in [0.15, 0.2) is 0 Å². The number of rotatable bonds is 0. The maximum absolute atomic E-state index is 10.9. The number of hydrogen-bond donors (Lipinski definition) is 2. The van der Waals surface area contributed by atoms with E-state index >= 15 is 0 Å². The Balaban J connectivity index is 2.42. The van der Waals surface area contributed by atoms with Gasteiger partial charge in [0.1, 0.15) is 0 Å². The first-order valence-electron chi connectivity index (χ1n) is 3.69. The molecule has 0 unspecified atom stereocenters. The zero-order valence-electron chi connectivity index (χ0n) is 6.45. The fourth-order valence-corrected chi connectivity index (χ4v) is 1.30. The standard InChI is InChI=1S/C8H9N3O/c9-8(12)11-5-10-6-3-1-2-4-7(6)11/h1-4,10H,5H2,(H2,9,12). The molecule has 12 heavy (non-hydrogen) atoms. The van der Waals surface area contributed by atoms with Gasteiger partial charge in [0.05, 0.1) is 18.0 Å². The molecule has 0 radical (unpaired) electrons. The van der Waals surface area contributed by atoms with E-state index in [9.17, 15) is 4.79 Å². The first kappa shape index (κ1) is 6.97. The van der Waals surface area contributed by atoms with Crippen LogP contribution in [0.3, 0.4) is 0 Å². The average molecular weight is 163 g/mol. The number of para-hydroxylation sites is 2. The second-order valence-corrected chi connectivity index (χ2v) is 2.62. The predicted molar refractivity (Wildman–Crippen MR) is 47.0 cm³/mol. The van der Waals surface area contributed by atoms with Crippen molar-refractivity contribution in [3.63, 3.8) is 0 Å². The second kappa shape index (κ2) is 2.41. The molecular formula is C8H9N3O. The van der Waals surface area contributed by atoms with Crippen molar-refractivity contribution in [3.05, 3.63) is 24.3 Å². The summed E-state index contributed by atoms with van der Waals surface area (Å²) in [6.07, 6.45) is 0. The van der Waals surface area contributed by atoms with E-state index in [0.29, 0.717) is 6.67 Å². The molecule has 0 saturated carbocycles. The van der Waals surface area contributed by atoms with E-state index in [4.69, 9.17) is 5.73 Å². The predicted octanol–water partition coefficient (Wildman–Crippen LogP) is 0.955. The Labute approximate surface area is 70.0 Å². The van der Waals surface area contributed by atoms with E-state index < -0.39 is 6.03 Å². The van der Waals surface area contributed by atoms with E-state index in [2.05, 4.69) is 5.32 Å². The van der Waals surface area contributed by atoms with Gasteiger partial charge >= 0.3 is 6.03 Å². The van der Waals surface area contributed by atoms with Crippen LogP contribution in [0.4, 0.5) is 16.2 Å². The monoisotopic (exact) mass is 163 g/mol. The smallest absolute Gasteiger partial charge is 0.320 e. The molecule has 2 amide bonds. The molecule has 0 fully saturated rings. The minimum Gasteiger partial charge on any atom is -0.366 e. The molecule has 0 atom stereocenters. The quantitative estimate of drug-likeness (QED) is 0.598. The summed E-state index contributed by atoms with van der Waals surface area (Å²) in [5, 5.41) is 3.06. The van der Waals surface area contributed by atoms with Gasteiger partial charge in [-0.25, -0.2) is 4.79 Å². The molecule has 4 nitrogen and oxygen atoms in total. The maximum Gasteiger partial charge on any atom is 0.320 e. The fourth-order valence-electron chi connectivity index (χ4n) is 1.30. The summed E-state index contributed by atoms with van der Waals surface area (Å²) >= 11 is 0. The van der Waals surface area contributed by atoms with Crippen molar-refractivity contribution < 1.29 is 4.79 Å². The normalized spacial score (nSPS) is 13.8. The average Bonchev–Trinajstić information content (AvgIpc) is 2.47. The Morgan fingerprint density at radius 1 is 1.50 bits per heavy atom. The van der Waals surface area contributed by atoms with E-state index in [1.807, 2.05) is 24.3 Å². The van der Waals surface area contributed by atoms with Gasteiger partial charge in [-0.15, -0.1) is 0 Å². The van der Waals surface area contributed by atoms with Crippen molar-refractivity contribution >= 4 is 17.4 Å². The van der Waals surface area contributed by atoms with Crippen LogP contribution in [0.2, 0.25) is 0 Å². The third kappa shape index (κ3) is 0.887. The second-order valence-electron chi connectivity index (χ2n) is 2.62. The Morgan fingerprint density at radius 3 is 3.00 bits per heavy atom. The number of nitrogens with two attached hydrogens (primary N) is 1. The summed E-state index contributed by atoms with van der Waals surface area (Å²) in [5.74, 6) is 0. The van der Waals surface area contributed by atoms with Crippen molar-refractivity contribution in [2.45, 2.75) is 0 Å². The van der Waals surface area contributed by atoms with Crippen molar-refractivity contribution in [3.8, 4) is 0 Å².